The van der Waals surface area contributed by atoms with Crippen LogP contribution in [-0.2, 0) is 6.42 Å². The Bertz CT molecular complexity index is 1680. The normalized spacial score (nSPS) is 17.0. The average molecular weight is 527 g/mol. The second-order valence-corrected chi connectivity index (χ2v) is 10.0. The fourth-order valence-electron chi connectivity index (χ4n) is 5.50. The molecule has 10 nitrogen and oxygen atoms in total. The summed E-state index contributed by atoms with van der Waals surface area (Å²) in [6.45, 7) is 7.78. The molecule has 2 amide bonds. The van der Waals surface area contributed by atoms with Crippen molar-refractivity contribution in [2.24, 2.45) is 0 Å². The van der Waals surface area contributed by atoms with Gasteiger partial charge in [-0.2, -0.15) is 5.10 Å². The number of aromatic nitrogens is 3. The number of oxazole rings is 1. The Morgan fingerprint density at radius 3 is 2.79 bits per heavy atom. The fraction of sp³-hybridized carbons (Fsp3) is 0.310. The smallest absolute Gasteiger partial charge is 0.322 e. The molecular formula is C29H30N6O4. The highest BCUT2D eigenvalue weighted by Crippen LogP contribution is 2.28. The number of methoxy groups -OCH3 is 1. The minimum atomic E-state index is -0.0660. The lowest BCUT2D eigenvalue weighted by Crippen LogP contribution is -2.49. The van der Waals surface area contributed by atoms with Crippen LogP contribution in [0.1, 0.15) is 29.5 Å². The van der Waals surface area contributed by atoms with E-state index in [4.69, 9.17) is 9.15 Å². The number of benzene rings is 2. The predicted molar refractivity (Wildman–Crippen MR) is 148 cm³/mol. The number of aryl methyl sites for hydroxylation is 1. The molecule has 200 valence electrons. The molecule has 4 aromatic rings. The highest BCUT2D eigenvalue weighted by Gasteiger charge is 2.30. The zero-order valence-electron chi connectivity index (χ0n) is 22.0. The van der Waals surface area contributed by atoms with Gasteiger partial charge in [-0.15, -0.1) is 5.10 Å². The summed E-state index contributed by atoms with van der Waals surface area (Å²) in [7, 11) is 1.65. The molecule has 0 aliphatic carbocycles. The number of nitrogens with zero attached hydrogens (tertiary/aromatic N) is 5. The summed E-state index contributed by atoms with van der Waals surface area (Å²) in [4.78, 5) is 21.4. The molecule has 2 aromatic carbocycles. The molecule has 4 heterocycles. The van der Waals surface area contributed by atoms with E-state index in [9.17, 15) is 9.90 Å². The maximum Gasteiger partial charge on any atom is 0.322 e. The van der Waals surface area contributed by atoms with E-state index in [1.165, 1.54) is 0 Å². The maximum atomic E-state index is 13.0. The second kappa shape index (κ2) is 9.94. The van der Waals surface area contributed by atoms with Gasteiger partial charge in [0, 0.05) is 42.1 Å². The number of hydrogen-bond acceptors (Lipinski definition) is 8. The van der Waals surface area contributed by atoms with Crippen LogP contribution in [0.25, 0.3) is 23.4 Å². The van der Waals surface area contributed by atoms with Crippen molar-refractivity contribution >= 4 is 41.0 Å². The lowest BCUT2D eigenvalue weighted by Gasteiger charge is -2.38. The molecule has 0 radical (unpaired) electrons. The highest BCUT2D eigenvalue weighted by molar-refractivity contribution is 5.91. The summed E-state index contributed by atoms with van der Waals surface area (Å²) in [5.74, 6) is 1.57. The zero-order chi connectivity index (χ0) is 27.1. The Balaban J connectivity index is 1.17. The van der Waals surface area contributed by atoms with E-state index in [-0.39, 0.29) is 17.8 Å². The van der Waals surface area contributed by atoms with Crippen molar-refractivity contribution in [3.05, 3.63) is 70.0 Å². The number of urea groups is 1. The summed E-state index contributed by atoms with van der Waals surface area (Å²) in [5.41, 5.74) is 5.01. The van der Waals surface area contributed by atoms with Gasteiger partial charge in [0.05, 0.1) is 13.3 Å². The van der Waals surface area contributed by atoms with Crippen molar-refractivity contribution in [2.75, 3.05) is 37.0 Å². The van der Waals surface area contributed by atoms with E-state index in [1.54, 1.807) is 19.4 Å². The monoisotopic (exact) mass is 526 g/mol. The first-order chi connectivity index (χ1) is 18.9. The minimum Gasteiger partial charge on any atom is -0.507 e. The van der Waals surface area contributed by atoms with E-state index in [0.29, 0.717) is 34.3 Å². The number of amides is 2. The van der Waals surface area contributed by atoms with Crippen LogP contribution < -0.4 is 25.7 Å². The van der Waals surface area contributed by atoms with E-state index < -0.39 is 0 Å². The van der Waals surface area contributed by atoms with Gasteiger partial charge in [-0.05, 0) is 80.3 Å². The molecule has 10 heteroatoms. The van der Waals surface area contributed by atoms with Crippen molar-refractivity contribution in [3.8, 4) is 5.75 Å². The first-order valence-corrected chi connectivity index (χ1v) is 13.0. The summed E-state index contributed by atoms with van der Waals surface area (Å²) in [6.07, 6.45) is 3.93. The van der Waals surface area contributed by atoms with Gasteiger partial charge in [0.1, 0.15) is 17.0 Å². The van der Waals surface area contributed by atoms with Crippen molar-refractivity contribution in [2.45, 2.75) is 32.2 Å². The van der Waals surface area contributed by atoms with Crippen LogP contribution in [0.2, 0.25) is 0 Å². The zero-order valence-corrected chi connectivity index (χ0v) is 22.0. The molecule has 0 bridgehead atoms. The molecule has 0 spiro atoms. The maximum absolute atomic E-state index is 13.0. The standard InChI is InChI=1S/C29H30N6O4/c1-17-12-20(14-25-27(17)31-18(2)39-25)28(36)21-15-26(33-30-16-21)34-9-7-22(8-10-34)35-11-6-19-13-23(38-3)4-5-24(19)32-29(35)37/h4-5,12-16,22,36H,2,6-11H2,1,3H3,(H,32,37)/b28-20+. The number of aliphatic hydroxyl groups excluding tert-OH is 1. The quantitative estimate of drug-likeness (QED) is 0.417. The predicted octanol–water partition coefficient (Wildman–Crippen LogP) is 3.12. The molecule has 2 aromatic heterocycles. The van der Waals surface area contributed by atoms with Crippen molar-refractivity contribution in [1.29, 1.82) is 0 Å². The van der Waals surface area contributed by atoms with E-state index >= 15 is 0 Å². The van der Waals surface area contributed by atoms with Gasteiger partial charge in [0.15, 0.2) is 11.4 Å². The second-order valence-electron chi connectivity index (χ2n) is 10.0. The number of hydrogen-bond donors (Lipinski definition) is 2. The van der Waals surface area contributed by atoms with Gasteiger partial charge in [0.2, 0.25) is 5.55 Å². The van der Waals surface area contributed by atoms with Crippen LogP contribution in [0.4, 0.5) is 16.3 Å². The number of fused-ring (bicyclic) bond motifs is 2. The summed E-state index contributed by atoms with van der Waals surface area (Å²) >= 11 is 0. The summed E-state index contributed by atoms with van der Waals surface area (Å²) in [5, 5.41) is 23.2. The van der Waals surface area contributed by atoms with E-state index in [0.717, 1.165) is 60.4 Å². The number of aliphatic hydroxyl groups is 1. The first kappa shape index (κ1) is 24.7. The molecule has 1 saturated heterocycles. The third-order valence-corrected chi connectivity index (χ3v) is 7.58. The van der Waals surface area contributed by atoms with Gasteiger partial charge >= 0.3 is 6.03 Å². The minimum absolute atomic E-state index is 0.0660. The van der Waals surface area contributed by atoms with E-state index in [1.807, 2.05) is 42.2 Å². The summed E-state index contributed by atoms with van der Waals surface area (Å²) < 4.78 is 10.9. The first-order valence-electron chi connectivity index (χ1n) is 13.0. The molecule has 6 rings (SSSR count). The van der Waals surface area contributed by atoms with Gasteiger partial charge in [-0.3, -0.25) is 0 Å². The number of piperidine rings is 1. The Kier molecular flexibility index (Phi) is 6.30. The van der Waals surface area contributed by atoms with Crippen LogP contribution in [0.15, 0.2) is 47.0 Å². The van der Waals surface area contributed by atoms with Gasteiger partial charge in [-0.25, -0.2) is 9.78 Å². The summed E-state index contributed by atoms with van der Waals surface area (Å²) in [6, 6.07) is 11.3. The number of carbonyl (C=O) groups excluding carboxylic acids is 1. The molecule has 0 atom stereocenters. The Labute approximate surface area is 225 Å². The van der Waals surface area contributed by atoms with Crippen LogP contribution in [-0.4, -0.2) is 64.0 Å². The Morgan fingerprint density at radius 1 is 1.18 bits per heavy atom. The largest absolute Gasteiger partial charge is 0.507 e. The topological polar surface area (TPSA) is 117 Å². The molecule has 0 saturated carbocycles. The fourth-order valence-corrected chi connectivity index (χ4v) is 5.50. The van der Waals surface area contributed by atoms with Gasteiger partial charge in [-0.1, -0.05) is 0 Å². The number of nitrogens with one attached hydrogen (secondary N) is 1. The number of ether oxygens (including phenoxy) is 1. The van der Waals surface area contributed by atoms with Crippen molar-refractivity contribution in [3.63, 3.8) is 0 Å². The SMILES string of the molecule is C=c1nc2c(C)c/c(=C(\O)c3cnnc(N4CCC(N5CCc6cc(OC)ccc6NC5=O)CC4)c3)cc2o1. The third kappa shape index (κ3) is 4.73. The van der Waals surface area contributed by atoms with Gasteiger partial charge in [0.25, 0.3) is 0 Å². The molecule has 2 aliphatic heterocycles. The number of carbonyl (C=O) groups is 1. The molecule has 0 unspecified atom stereocenters. The Hall–Kier alpha value is -4.60. The van der Waals surface area contributed by atoms with Crippen molar-refractivity contribution < 1.29 is 19.1 Å². The lowest BCUT2D eigenvalue weighted by molar-refractivity contribution is 0.177. The highest BCUT2D eigenvalue weighted by atomic mass is 16.5. The lowest BCUT2D eigenvalue weighted by atomic mass is 10.0. The van der Waals surface area contributed by atoms with Crippen LogP contribution in [0.5, 0.6) is 5.75 Å². The third-order valence-electron chi connectivity index (χ3n) is 7.58. The van der Waals surface area contributed by atoms with Crippen LogP contribution in [0, 0.1) is 6.92 Å². The van der Waals surface area contributed by atoms with Crippen LogP contribution in [0.3, 0.4) is 0 Å². The van der Waals surface area contributed by atoms with Gasteiger partial charge < -0.3 is 29.4 Å². The van der Waals surface area contributed by atoms with Crippen molar-refractivity contribution in [1.82, 2.24) is 20.1 Å². The van der Waals surface area contributed by atoms with Crippen LogP contribution >= 0.6 is 0 Å². The number of rotatable bonds is 4. The molecule has 2 N–H and O–H groups in total. The molecule has 39 heavy (non-hydrogen) atoms. The number of anilines is 2. The Morgan fingerprint density at radius 2 is 2.00 bits per heavy atom. The molecular weight excluding hydrogens is 496 g/mol. The average Bonchev–Trinajstić information content (AvgIpc) is 3.26. The van der Waals surface area contributed by atoms with E-state index in [2.05, 4.69) is 32.0 Å². The molecule has 2 aliphatic rings. The molecule has 1 fully saturated rings.